The Bertz CT molecular complexity index is 557. The van der Waals surface area contributed by atoms with Crippen molar-refractivity contribution in [3.8, 4) is 17.5 Å². The van der Waals surface area contributed by atoms with E-state index >= 15 is 0 Å². The van der Waals surface area contributed by atoms with Crippen LogP contribution < -0.4 is 5.84 Å². The van der Waals surface area contributed by atoms with E-state index in [1.807, 2.05) is 6.07 Å². The molecule has 1 heterocycles. The van der Waals surface area contributed by atoms with Crippen LogP contribution in [-0.2, 0) is 0 Å². The monoisotopic (exact) mass is 249 g/mol. The van der Waals surface area contributed by atoms with E-state index in [1.54, 1.807) is 12.1 Å². The van der Waals surface area contributed by atoms with Crippen LogP contribution in [0.5, 0.6) is 0 Å². The number of hydrogen-bond acceptors (Lipinski definition) is 5. The van der Waals surface area contributed by atoms with E-state index < -0.39 is 0 Å². The maximum absolute atomic E-state index is 12.8. The van der Waals surface area contributed by atoms with Gasteiger partial charge in [-0.2, -0.15) is 5.26 Å². The first kappa shape index (κ1) is 11.4. The van der Waals surface area contributed by atoms with Gasteiger partial charge in [0.2, 0.25) is 5.16 Å². The molecule has 7 heteroatoms. The van der Waals surface area contributed by atoms with Crippen LogP contribution in [0.4, 0.5) is 4.39 Å². The van der Waals surface area contributed by atoms with Crippen molar-refractivity contribution in [2.75, 3.05) is 11.6 Å². The summed E-state index contributed by atoms with van der Waals surface area (Å²) in [5.74, 6) is 6.14. The van der Waals surface area contributed by atoms with E-state index in [-0.39, 0.29) is 11.6 Å². The number of nitrogens with zero attached hydrogens (tertiary/aromatic N) is 4. The van der Waals surface area contributed by atoms with Gasteiger partial charge in [-0.1, -0.05) is 11.8 Å². The molecule has 0 unspecified atom stereocenters. The number of nitrogens with two attached hydrogens (primary N) is 1. The molecule has 0 amide bonds. The zero-order chi connectivity index (χ0) is 12.3. The lowest BCUT2D eigenvalue weighted by Gasteiger charge is -2.01. The Morgan fingerprint density at radius 1 is 1.35 bits per heavy atom. The minimum absolute atomic E-state index is 0.249. The smallest absolute Gasteiger partial charge is 0.211 e. The molecule has 1 aromatic carbocycles. The number of rotatable bonds is 3. The highest BCUT2D eigenvalue weighted by Gasteiger charge is 2.11. The van der Waals surface area contributed by atoms with Crippen molar-refractivity contribution < 1.29 is 4.39 Å². The van der Waals surface area contributed by atoms with Crippen LogP contribution in [0.3, 0.4) is 0 Å². The number of nitrogen functional groups attached to an aromatic ring is 1. The Morgan fingerprint density at radius 2 is 2.06 bits per heavy atom. The summed E-state index contributed by atoms with van der Waals surface area (Å²) in [5.41, 5.74) is 0.671. The second kappa shape index (κ2) is 4.84. The van der Waals surface area contributed by atoms with Gasteiger partial charge in [0.1, 0.15) is 5.82 Å². The highest BCUT2D eigenvalue weighted by Crippen LogP contribution is 2.21. The number of aromatic nitrogens is 3. The van der Waals surface area contributed by atoms with E-state index in [1.165, 1.54) is 28.6 Å². The van der Waals surface area contributed by atoms with Crippen molar-refractivity contribution in [1.29, 1.82) is 5.26 Å². The molecule has 0 aliphatic heterocycles. The van der Waals surface area contributed by atoms with Crippen molar-refractivity contribution >= 4 is 11.8 Å². The van der Waals surface area contributed by atoms with E-state index in [0.717, 1.165) is 0 Å². The predicted octanol–water partition coefficient (Wildman–Crippen LogP) is 1.41. The number of benzene rings is 1. The Balaban J connectivity index is 2.31. The molecular formula is C10H8FN5S. The number of hydrogen-bond donors (Lipinski definition) is 1. The summed E-state index contributed by atoms with van der Waals surface area (Å²) in [6.07, 6.45) is 0. The third-order valence-corrected chi connectivity index (χ3v) is 2.84. The minimum Gasteiger partial charge on any atom is -0.335 e. The standard InChI is InChI=1S/C10H8FN5S/c11-8-3-1-7(2-4-8)9-14-15-10(16(9)13)17-6-5-12/h1-4H,6,13H2. The second-order valence-corrected chi connectivity index (χ2v) is 4.07. The Morgan fingerprint density at radius 3 is 2.71 bits per heavy atom. The van der Waals surface area contributed by atoms with Crippen LogP contribution in [0, 0.1) is 17.1 Å². The largest absolute Gasteiger partial charge is 0.335 e. The third-order valence-electron chi connectivity index (χ3n) is 2.03. The van der Waals surface area contributed by atoms with Crippen molar-refractivity contribution in [1.82, 2.24) is 14.9 Å². The molecule has 0 atom stereocenters. The SMILES string of the molecule is N#CCSc1nnc(-c2ccc(F)cc2)n1N. The first-order chi connectivity index (χ1) is 8.22. The molecule has 0 saturated heterocycles. The van der Waals surface area contributed by atoms with Gasteiger partial charge >= 0.3 is 0 Å². The zero-order valence-electron chi connectivity index (χ0n) is 8.67. The molecule has 0 spiro atoms. The van der Waals surface area contributed by atoms with E-state index in [0.29, 0.717) is 16.5 Å². The van der Waals surface area contributed by atoms with Crippen LogP contribution in [-0.4, -0.2) is 20.6 Å². The fourth-order valence-corrected chi connectivity index (χ4v) is 1.79. The summed E-state index contributed by atoms with van der Waals surface area (Å²) in [6.45, 7) is 0. The second-order valence-electron chi connectivity index (χ2n) is 3.13. The minimum atomic E-state index is -0.323. The molecule has 0 fully saturated rings. The first-order valence-electron chi connectivity index (χ1n) is 4.68. The van der Waals surface area contributed by atoms with Gasteiger partial charge in [0.05, 0.1) is 11.8 Å². The summed E-state index contributed by atoms with van der Waals surface area (Å²) < 4.78 is 14.0. The lowest BCUT2D eigenvalue weighted by atomic mass is 10.2. The molecule has 1 aromatic heterocycles. The van der Waals surface area contributed by atoms with Crippen molar-refractivity contribution in [3.05, 3.63) is 30.1 Å². The van der Waals surface area contributed by atoms with Crippen LogP contribution >= 0.6 is 11.8 Å². The van der Waals surface area contributed by atoms with Crippen LogP contribution in [0.15, 0.2) is 29.4 Å². The summed E-state index contributed by atoms with van der Waals surface area (Å²) in [6, 6.07) is 7.77. The zero-order valence-corrected chi connectivity index (χ0v) is 9.49. The lowest BCUT2D eigenvalue weighted by molar-refractivity contribution is 0.628. The highest BCUT2D eigenvalue weighted by atomic mass is 32.2. The Labute approximate surface area is 101 Å². The van der Waals surface area contributed by atoms with E-state index in [4.69, 9.17) is 11.1 Å². The molecule has 86 valence electrons. The normalized spacial score (nSPS) is 10.1. The van der Waals surface area contributed by atoms with Crippen LogP contribution in [0.2, 0.25) is 0 Å². The van der Waals surface area contributed by atoms with Gasteiger partial charge in [-0.05, 0) is 24.3 Å². The molecule has 5 nitrogen and oxygen atoms in total. The van der Waals surface area contributed by atoms with Crippen LogP contribution in [0.1, 0.15) is 0 Å². The van der Waals surface area contributed by atoms with E-state index in [9.17, 15) is 4.39 Å². The topological polar surface area (TPSA) is 80.5 Å². The third kappa shape index (κ3) is 2.37. The fourth-order valence-electron chi connectivity index (χ4n) is 1.27. The van der Waals surface area contributed by atoms with E-state index in [2.05, 4.69) is 10.2 Å². The molecule has 2 aromatic rings. The quantitative estimate of drug-likeness (QED) is 0.657. The molecule has 0 radical (unpaired) electrons. The summed E-state index contributed by atoms with van der Waals surface area (Å²) in [7, 11) is 0. The van der Waals surface area contributed by atoms with Crippen molar-refractivity contribution in [2.24, 2.45) is 0 Å². The summed E-state index contributed by atoms with van der Waals surface area (Å²) >= 11 is 1.19. The van der Waals surface area contributed by atoms with Crippen LogP contribution in [0.25, 0.3) is 11.4 Å². The fraction of sp³-hybridized carbons (Fsp3) is 0.100. The molecule has 0 bridgehead atoms. The Hall–Kier alpha value is -2.07. The average molecular weight is 249 g/mol. The molecule has 2 rings (SSSR count). The molecule has 0 aliphatic rings. The summed E-state index contributed by atoms with van der Waals surface area (Å²) in [4.78, 5) is 0. The molecule has 0 aliphatic carbocycles. The van der Waals surface area contributed by atoms with Gasteiger partial charge in [0, 0.05) is 5.56 Å². The number of halogens is 1. The van der Waals surface area contributed by atoms with Crippen molar-refractivity contribution in [3.63, 3.8) is 0 Å². The first-order valence-corrected chi connectivity index (χ1v) is 5.67. The Kier molecular flexibility index (Phi) is 3.25. The maximum Gasteiger partial charge on any atom is 0.211 e. The predicted molar refractivity (Wildman–Crippen MR) is 61.9 cm³/mol. The maximum atomic E-state index is 12.8. The van der Waals surface area contributed by atoms with Gasteiger partial charge in [-0.15, -0.1) is 10.2 Å². The lowest BCUT2D eigenvalue weighted by Crippen LogP contribution is -2.11. The van der Waals surface area contributed by atoms with Gasteiger partial charge in [0.15, 0.2) is 5.82 Å². The van der Waals surface area contributed by atoms with Gasteiger partial charge in [0.25, 0.3) is 0 Å². The van der Waals surface area contributed by atoms with Gasteiger partial charge in [-0.3, -0.25) is 0 Å². The summed E-state index contributed by atoms with van der Waals surface area (Å²) in [5, 5.41) is 16.7. The molecule has 2 N–H and O–H groups in total. The average Bonchev–Trinajstić information content (AvgIpc) is 2.69. The number of nitriles is 1. The molecule has 0 saturated carbocycles. The number of thioether (sulfide) groups is 1. The van der Waals surface area contributed by atoms with Gasteiger partial charge in [-0.25, -0.2) is 9.07 Å². The van der Waals surface area contributed by atoms with Crippen molar-refractivity contribution in [2.45, 2.75) is 5.16 Å². The molecular weight excluding hydrogens is 241 g/mol. The highest BCUT2D eigenvalue weighted by molar-refractivity contribution is 7.99. The van der Waals surface area contributed by atoms with Gasteiger partial charge < -0.3 is 5.84 Å². The molecule has 17 heavy (non-hydrogen) atoms.